The SMILES string of the molecule is C.CC.CC.CC=C(C)C. The Kier molecular flexibility index (Phi) is 84.5. The normalized spacial score (nSPS) is 4.70. The topological polar surface area (TPSA) is 0 Å². The first-order valence-corrected chi connectivity index (χ1v) is 3.87. The molecule has 0 nitrogen and oxygen atoms in total. The second-order valence-corrected chi connectivity index (χ2v) is 1.37. The summed E-state index contributed by atoms with van der Waals surface area (Å²) in [5, 5.41) is 0. The molecule has 0 radical (unpaired) electrons. The van der Waals surface area contributed by atoms with E-state index < -0.39 is 0 Å². The summed E-state index contributed by atoms with van der Waals surface area (Å²) < 4.78 is 0. The molecule has 0 rings (SSSR count). The van der Waals surface area contributed by atoms with Crippen LogP contribution in [-0.4, -0.2) is 0 Å². The van der Waals surface area contributed by atoms with Crippen molar-refractivity contribution in [3.05, 3.63) is 11.6 Å². The minimum atomic E-state index is 0. The number of allylic oxidation sites excluding steroid dienone is 2. The first-order chi connectivity index (χ1) is 4.27. The van der Waals surface area contributed by atoms with Gasteiger partial charge in [0.2, 0.25) is 0 Å². The Hall–Kier alpha value is -0.260. The summed E-state index contributed by atoms with van der Waals surface area (Å²) >= 11 is 0. The summed E-state index contributed by atoms with van der Waals surface area (Å²) in [7, 11) is 0. The lowest BCUT2D eigenvalue weighted by Crippen LogP contribution is -1.52. The number of rotatable bonds is 0. The van der Waals surface area contributed by atoms with Crippen molar-refractivity contribution < 1.29 is 0 Å². The molecule has 0 aliphatic carbocycles. The van der Waals surface area contributed by atoms with Gasteiger partial charge in [-0.05, 0) is 20.8 Å². The molecule has 0 saturated heterocycles. The van der Waals surface area contributed by atoms with Gasteiger partial charge in [-0.2, -0.15) is 0 Å². The van der Waals surface area contributed by atoms with Crippen molar-refractivity contribution in [2.75, 3.05) is 0 Å². The van der Waals surface area contributed by atoms with Crippen LogP contribution in [0.5, 0.6) is 0 Å². The molecule has 0 atom stereocenters. The molecule has 0 amide bonds. The van der Waals surface area contributed by atoms with E-state index in [9.17, 15) is 0 Å². The van der Waals surface area contributed by atoms with Gasteiger partial charge in [0.25, 0.3) is 0 Å². The van der Waals surface area contributed by atoms with Crippen LogP contribution in [0.3, 0.4) is 0 Å². The Morgan fingerprint density at radius 2 is 1.00 bits per heavy atom. The van der Waals surface area contributed by atoms with Crippen molar-refractivity contribution >= 4 is 0 Å². The van der Waals surface area contributed by atoms with Gasteiger partial charge in [-0.25, -0.2) is 0 Å². The van der Waals surface area contributed by atoms with Gasteiger partial charge < -0.3 is 0 Å². The average molecular weight is 146 g/mol. The van der Waals surface area contributed by atoms with Crippen molar-refractivity contribution in [2.24, 2.45) is 0 Å². The first-order valence-electron chi connectivity index (χ1n) is 3.87. The van der Waals surface area contributed by atoms with Crippen molar-refractivity contribution in [1.82, 2.24) is 0 Å². The minimum Gasteiger partial charge on any atom is -0.0890 e. The fourth-order valence-electron chi connectivity index (χ4n) is 0. The van der Waals surface area contributed by atoms with E-state index in [1.807, 2.05) is 34.6 Å². The lowest BCUT2D eigenvalue weighted by atomic mass is 10.3. The van der Waals surface area contributed by atoms with E-state index in [1.54, 1.807) is 0 Å². The molecule has 0 saturated carbocycles. The van der Waals surface area contributed by atoms with E-state index >= 15 is 0 Å². The monoisotopic (exact) mass is 146 g/mol. The molecular weight excluding hydrogens is 120 g/mol. The fourth-order valence-corrected chi connectivity index (χ4v) is 0. The van der Waals surface area contributed by atoms with Gasteiger partial charge in [-0.3, -0.25) is 0 Å². The highest BCUT2D eigenvalue weighted by Gasteiger charge is 1.60. The third-order valence-corrected chi connectivity index (χ3v) is 0.577. The van der Waals surface area contributed by atoms with Gasteiger partial charge in [0.05, 0.1) is 0 Å². The lowest BCUT2D eigenvalue weighted by molar-refractivity contribution is 1.36. The summed E-state index contributed by atoms with van der Waals surface area (Å²) in [4.78, 5) is 0. The smallest absolute Gasteiger partial charge is 0.0442 e. The van der Waals surface area contributed by atoms with E-state index in [0.717, 1.165) is 0 Å². The fraction of sp³-hybridized carbons (Fsp3) is 0.800. The van der Waals surface area contributed by atoms with Crippen LogP contribution in [0.15, 0.2) is 11.6 Å². The summed E-state index contributed by atoms with van der Waals surface area (Å²) in [6, 6.07) is 0. The molecule has 0 aromatic carbocycles. The highest BCUT2D eigenvalue weighted by Crippen LogP contribution is 1.82. The van der Waals surface area contributed by atoms with Gasteiger partial charge in [0.1, 0.15) is 0 Å². The summed E-state index contributed by atoms with van der Waals surface area (Å²) in [5.41, 5.74) is 1.38. The Labute approximate surface area is 68.4 Å². The third-order valence-electron chi connectivity index (χ3n) is 0.577. The second kappa shape index (κ2) is 37.4. The van der Waals surface area contributed by atoms with Crippen molar-refractivity contribution in [3.8, 4) is 0 Å². The van der Waals surface area contributed by atoms with Crippen LogP contribution >= 0.6 is 0 Å². The van der Waals surface area contributed by atoms with E-state index in [4.69, 9.17) is 0 Å². The Balaban J connectivity index is -0.0000000315. The predicted octanol–water partition coefficient (Wildman–Crippen LogP) is 4.66. The molecular formula is C10H26. The lowest BCUT2D eigenvalue weighted by Gasteiger charge is -1.74. The molecule has 0 unspecified atom stereocenters. The van der Waals surface area contributed by atoms with E-state index in [2.05, 4.69) is 19.9 Å². The van der Waals surface area contributed by atoms with Crippen LogP contribution in [0.1, 0.15) is 55.9 Å². The summed E-state index contributed by atoms with van der Waals surface area (Å²) in [6.07, 6.45) is 2.08. The molecule has 0 aromatic heterocycles. The number of hydrogen-bond acceptors (Lipinski definition) is 0. The molecule has 0 aromatic rings. The highest BCUT2D eigenvalue weighted by molar-refractivity contribution is 4.88. The second-order valence-electron chi connectivity index (χ2n) is 1.37. The number of hydrogen-bond donors (Lipinski definition) is 0. The molecule has 0 N–H and O–H groups in total. The maximum Gasteiger partial charge on any atom is -0.0442 e. The average Bonchev–Trinajstić information content (AvgIpc) is 1.97. The van der Waals surface area contributed by atoms with Gasteiger partial charge in [0.15, 0.2) is 0 Å². The Morgan fingerprint density at radius 1 is 0.900 bits per heavy atom. The van der Waals surface area contributed by atoms with E-state index in [0.29, 0.717) is 0 Å². The molecule has 0 aliphatic rings. The van der Waals surface area contributed by atoms with Crippen molar-refractivity contribution in [3.63, 3.8) is 0 Å². The zero-order valence-electron chi connectivity index (χ0n) is 8.08. The first kappa shape index (κ1) is 22.6. The molecule has 66 valence electrons. The highest BCUT2D eigenvalue weighted by atomic mass is 13.7. The minimum absolute atomic E-state index is 0. The summed E-state index contributed by atoms with van der Waals surface area (Å²) in [5.74, 6) is 0. The van der Waals surface area contributed by atoms with E-state index in [1.165, 1.54) is 5.57 Å². The van der Waals surface area contributed by atoms with Crippen LogP contribution in [0.2, 0.25) is 0 Å². The van der Waals surface area contributed by atoms with Gasteiger partial charge in [-0.15, -0.1) is 0 Å². The maximum atomic E-state index is 2.08. The molecule has 0 bridgehead atoms. The van der Waals surface area contributed by atoms with E-state index in [-0.39, 0.29) is 7.43 Å². The van der Waals surface area contributed by atoms with Crippen LogP contribution in [0.25, 0.3) is 0 Å². The maximum absolute atomic E-state index is 2.08. The quantitative estimate of drug-likeness (QED) is 0.436. The van der Waals surface area contributed by atoms with Crippen molar-refractivity contribution in [2.45, 2.75) is 55.9 Å². The molecule has 10 heavy (non-hydrogen) atoms. The van der Waals surface area contributed by atoms with Crippen LogP contribution in [0.4, 0.5) is 0 Å². The molecule has 0 heterocycles. The standard InChI is InChI=1S/C5H10.2C2H6.CH4/c1-4-5(2)3;2*1-2;/h4H,1-3H3;2*1-2H3;1H4. The zero-order chi connectivity index (χ0) is 8.28. The molecule has 0 spiro atoms. The largest absolute Gasteiger partial charge is 0.0890 e. The third kappa shape index (κ3) is 116. The van der Waals surface area contributed by atoms with Crippen LogP contribution in [-0.2, 0) is 0 Å². The van der Waals surface area contributed by atoms with Gasteiger partial charge in [0, 0.05) is 0 Å². The van der Waals surface area contributed by atoms with Gasteiger partial charge in [-0.1, -0.05) is 46.8 Å². The molecule has 0 heteroatoms. The Bertz CT molecular complexity index is 38.0. The predicted molar refractivity (Wildman–Crippen MR) is 54.5 cm³/mol. The summed E-state index contributed by atoms with van der Waals surface area (Å²) in [6.45, 7) is 14.2. The zero-order valence-corrected chi connectivity index (χ0v) is 8.08. The molecule has 0 fully saturated rings. The Morgan fingerprint density at radius 3 is 1.00 bits per heavy atom. The van der Waals surface area contributed by atoms with Crippen LogP contribution in [0, 0.1) is 0 Å². The van der Waals surface area contributed by atoms with Crippen LogP contribution < -0.4 is 0 Å². The van der Waals surface area contributed by atoms with Gasteiger partial charge >= 0.3 is 0 Å². The van der Waals surface area contributed by atoms with Crippen molar-refractivity contribution in [1.29, 1.82) is 0 Å². The molecule has 0 aliphatic heterocycles.